The maximum atomic E-state index is 10.9. The molecule has 2 rings (SSSR count). The van der Waals surface area contributed by atoms with Crippen LogP contribution < -0.4 is 0 Å². The molecule has 0 radical (unpaired) electrons. The summed E-state index contributed by atoms with van der Waals surface area (Å²) < 4.78 is 0. The van der Waals surface area contributed by atoms with E-state index in [0.717, 1.165) is 19.3 Å². The zero-order chi connectivity index (χ0) is 5.61. The molecule has 1 nitrogen and oxygen atoms in total. The fraction of sp³-hybridized carbons (Fsp3) is 0.571. The minimum atomic E-state index is 0.153. The Labute approximate surface area is 48.4 Å². The highest BCUT2D eigenvalue weighted by Crippen LogP contribution is 2.52. The molecule has 0 N–H and O–H groups in total. The normalized spacial score (nSPS) is 29.8. The molecule has 0 aromatic heterocycles. The van der Waals surface area contributed by atoms with Crippen molar-refractivity contribution < 1.29 is 4.79 Å². The summed E-state index contributed by atoms with van der Waals surface area (Å²) in [6.45, 7) is 0. The predicted molar refractivity (Wildman–Crippen MR) is 30.4 cm³/mol. The van der Waals surface area contributed by atoms with Crippen LogP contribution in [-0.2, 0) is 4.79 Å². The van der Waals surface area contributed by atoms with Gasteiger partial charge in [-0.2, -0.15) is 0 Å². The van der Waals surface area contributed by atoms with Crippen molar-refractivity contribution in [3.63, 3.8) is 0 Å². The van der Waals surface area contributed by atoms with Gasteiger partial charge in [0.05, 0.1) is 0 Å². The summed E-state index contributed by atoms with van der Waals surface area (Å²) in [5, 5.41) is 0. The summed E-state index contributed by atoms with van der Waals surface area (Å²) in [4.78, 5) is 10.9. The van der Waals surface area contributed by atoms with Gasteiger partial charge in [-0.1, -0.05) is 6.08 Å². The van der Waals surface area contributed by atoms with Crippen molar-refractivity contribution in [3.05, 3.63) is 12.2 Å². The first-order chi connectivity index (χ1) is 3.83. The van der Waals surface area contributed by atoms with E-state index in [1.807, 2.05) is 6.08 Å². The van der Waals surface area contributed by atoms with Gasteiger partial charge in [0, 0.05) is 5.41 Å². The molecule has 0 aromatic carbocycles. The van der Waals surface area contributed by atoms with Gasteiger partial charge < -0.3 is 0 Å². The number of carbonyl (C=O) groups is 1. The molecule has 1 saturated carbocycles. The van der Waals surface area contributed by atoms with Crippen LogP contribution in [0.4, 0.5) is 0 Å². The molecule has 0 aliphatic heterocycles. The summed E-state index contributed by atoms with van der Waals surface area (Å²) in [5.74, 6) is 0.373. The van der Waals surface area contributed by atoms with Gasteiger partial charge in [0.25, 0.3) is 0 Å². The second-order valence-corrected chi connectivity index (χ2v) is 2.75. The molecule has 1 heteroatoms. The van der Waals surface area contributed by atoms with Crippen molar-refractivity contribution in [3.8, 4) is 0 Å². The Balaban J connectivity index is 2.31. The Morgan fingerprint density at radius 2 is 2.25 bits per heavy atom. The second-order valence-electron chi connectivity index (χ2n) is 2.75. The number of rotatable bonds is 0. The van der Waals surface area contributed by atoms with Crippen LogP contribution in [0.2, 0.25) is 0 Å². The maximum absolute atomic E-state index is 10.9. The van der Waals surface area contributed by atoms with E-state index in [-0.39, 0.29) is 5.41 Å². The molecule has 2 aliphatic carbocycles. The molecule has 0 saturated heterocycles. The van der Waals surface area contributed by atoms with Crippen LogP contribution in [0.3, 0.4) is 0 Å². The standard InChI is InChI=1S/C7H8O/c8-6-2-1-3-7(6)4-5-7/h1-2H,3-5H2. The molecule has 2 aliphatic rings. The first-order valence-electron chi connectivity index (χ1n) is 3.05. The lowest BCUT2D eigenvalue weighted by Crippen LogP contribution is -2.05. The fourth-order valence-corrected chi connectivity index (χ4v) is 1.27. The average molecular weight is 108 g/mol. The van der Waals surface area contributed by atoms with Gasteiger partial charge in [0.2, 0.25) is 0 Å². The maximum Gasteiger partial charge on any atom is 0.161 e. The van der Waals surface area contributed by atoms with Crippen molar-refractivity contribution >= 4 is 5.78 Å². The third kappa shape index (κ3) is 0.347. The van der Waals surface area contributed by atoms with Crippen LogP contribution in [0.15, 0.2) is 12.2 Å². The Kier molecular flexibility index (Phi) is 0.561. The first-order valence-corrected chi connectivity index (χ1v) is 3.05. The molecule has 42 valence electrons. The third-order valence-corrected chi connectivity index (χ3v) is 2.15. The smallest absolute Gasteiger partial charge is 0.161 e. The van der Waals surface area contributed by atoms with Gasteiger partial charge in [0.1, 0.15) is 0 Å². The van der Waals surface area contributed by atoms with Crippen LogP contribution in [0.5, 0.6) is 0 Å². The molecule has 0 amide bonds. The van der Waals surface area contributed by atoms with E-state index in [9.17, 15) is 4.79 Å². The van der Waals surface area contributed by atoms with E-state index < -0.39 is 0 Å². The average Bonchev–Trinajstić information content (AvgIpc) is 2.39. The number of carbonyl (C=O) groups excluding carboxylic acids is 1. The number of hydrogen-bond acceptors (Lipinski definition) is 1. The van der Waals surface area contributed by atoms with Gasteiger partial charge in [-0.05, 0) is 25.3 Å². The largest absolute Gasteiger partial charge is 0.294 e. The monoisotopic (exact) mass is 108 g/mol. The van der Waals surface area contributed by atoms with Crippen molar-refractivity contribution in [2.45, 2.75) is 19.3 Å². The highest BCUT2D eigenvalue weighted by Gasteiger charge is 2.49. The molecule has 8 heavy (non-hydrogen) atoms. The zero-order valence-electron chi connectivity index (χ0n) is 4.68. The van der Waals surface area contributed by atoms with Gasteiger partial charge >= 0.3 is 0 Å². The van der Waals surface area contributed by atoms with Gasteiger partial charge in [0.15, 0.2) is 5.78 Å². The summed E-state index contributed by atoms with van der Waals surface area (Å²) in [6, 6.07) is 0. The molecule has 0 unspecified atom stereocenters. The molecule has 0 aromatic rings. The van der Waals surface area contributed by atoms with Crippen LogP contribution in [0, 0.1) is 5.41 Å². The predicted octanol–water partition coefficient (Wildman–Crippen LogP) is 1.30. The SMILES string of the molecule is O=C1C=CCC12CC2. The van der Waals surface area contributed by atoms with E-state index >= 15 is 0 Å². The molecule has 1 fully saturated rings. The topological polar surface area (TPSA) is 17.1 Å². The van der Waals surface area contributed by atoms with Gasteiger partial charge in [-0.15, -0.1) is 0 Å². The lowest BCUT2D eigenvalue weighted by Gasteiger charge is -1.97. The van der Waals surface area contributed by atoms with Crippen LogP contribution in [-0.4, -0.2) is 5.78 Å². The lowest BCUT2D eigenvalue weighted by atomic mass is 10.0. The Morgan fingerprint density at radius 1 is 1.50 bits per heavy atom. The lowest BCUT2D eigenvalue weighted by molar-refractivity contribution is -0.118. The molecule has 0 atom stereocenters. The highest BCUT2D eigenvalue weighted by atomic mass is 16.1. The fourth-order valence-electron chi connectivity index (χ4n) is 1.27. The van der Waals surface area contributed by atoms with Crippen molar-refractivity contribution in [1.82, 2.24) is 0 Å². The van der Waals surface area contributed by atoms with E-state index in [1.54, 1.807) is 6.08 Å². The minimum Gasteiger partial charge on any atom is -0.294 e. The van der Waals surface area contributed by atoms with Crippen LogP contribution in [0.25, 0.3) is 0 Å². The Hall–Kier alpha value is -0.590. The summed E-state index contributed by atoms with van der Waals surface area (Å²) in [6.07, 6.45) is 7.02. The molecule has 0 heterocycles. The van der Waals surface area contributed by atoms with Gasteiger partial charge in [-0.25, -0.2) is 0 Å². The summed E-state index contributed by atoms with van der Waals surface area (Å²) in [7, 11) is 0. The van der Waals surface area contributed by atoms with Crippen molar-refractivity contribution in [2.75, 3.05) is 0 Å². The first kappa shape index (κ1) is 4.30. The molecule has 0 bridgehead atoms. The summed E-state index contributed by atoms with van der Waals surface area (Å²) >= 11 is 0. The molecule has 1 spiro atoms. The number of allylic oxidation sites excluding steroid dienone is 2. The van der Waals surface area contributed by atoms with E-state index in [0.29, 0.717) is 5.78 Å². The third-order valence-electron chi connectivity index (χ3n) is 2.15. The quantitative estimate of drug-likeness (QED) is 0.457. The van der Waals surface area contributed by atoms with Crippen molar-refractivity contribution in [1.29, 1.82) is 0 Å². The minimum absolute atomic E-state index is 0.153. The molecular weight excluding hydrogens is 100 g/mol. The van der Waals surface area contributed by atoms with Crippen LogP contribution in [0.1, 0.15) is 19.3 Å². The van der Waals surface area contributed by atoms with E-state index in [2.05, 4.69) is 0 Å². The Morgan fingerprint density at radius 3 is 2.50 bits per heavy atom. The number of ketones is 1. The number of hydrogen-bond donors (Lipinski definition) is 0. The second kappa shape index (κ2) is 1.04. The molecular formula is C7H8O. The van der Waals surface area contributed by atoms with E-state index in [4.69, 9.17) is 0 Å². The Bertz CT molecular complexity index is 163. The summed E-state index contributed by atoms with van der Waals surface area (Å²) in [5.41, 5.74) is 0.153. The van der Waals surface area contributed by atoms with Crippen LogP contribution >= 0.6 is 0 Å². The van der Waals surface area contributed by atoms with Crippen molar-refractivity contribution in [2.24, 2.45) is 5.41 Å². The highest BCUT2D eigenvalue weighted by molar-refractivity contribution is 5.99. The zero-order valence-corrected chi connectivity index (χ0v) is 4.68. The van der Waals surface area contributed by atoms with E-state index in [1.165, 1.54) is 0 Å². The van der Waals surface area contributed by atoms with Gasteiger partial charge in [-0.3, -0.25) is 4.79 Å².